The minimum absolute atomic E-state index is 0.253. The van der Waals surface area contributed by atoms with Gasteiger partial charge in [0.25, 0.3) is 0 Å². The highest BCUT2D eigenvalue weighted by atomic mass is 32.2. The fraction of sp³-hybridized carbons (Fsp3) is 0.250. The normalized spacial score (nSPS) is 13.5. The molecule has 0 radical (unpaired) electrons. The molecule has 0 atom stereocenters. The van der Waals surface area contributed by atoms with E-state index in [1.165, 1.54) is 23.9 Å². The van der Waals surface area contributed by atoms with Gasteiger partial charge in [-0.2, -0.15) is 0 Å². The van der Waals surface area contributed by atoms with Crippen molar-refractivity contribution in [2.45, 2.75) is 13.3 Å². The zero-order chi connectivity index (χ0) is 12.8. The van der Waals surface area contributed by atoms with Gasteiger partial charge in [-0.1, -0.05) is 12.1 Å². The summed E-state index contributed by atoms with van der Waals surface area (Å²) in [5.74, 6) is 0.216. The number of allylic oxidation sites excluding steroid dienone is 1. The van der Waals surface area contributed by atoms with Crippen molar-refractivity contribution < 1.29 is 4.39 Å². The van der Waals surface area contributed by atoms with Crippen LogP contribution in [0.25, 0.3) is 0 Å². The molecular weight excluding hydrogens is 237 g/mol. The predicted molar refractivity (Wildman–Crippen MR) is 72.1 cm³/mol. The Labute approximate surface area is 105 Å². The van der Waals surface area contributed by atoms with Crippen molar-refractivity contribution in [3.05, 3.63) is 46.4 Å². The molecule has 0 fully saturated rings. The van der Waals surface area contributed by atoms with Crippen LogP contribution >= 0.6 is 11.8 Å². The third-order valence-corrected chi connectivity index (χ3v) is 2.79. The highest BCUT2D eigenvalue weighted by molar-refractivity contribution is 8.02. The van der Waals surface area contributed by atoms with E-state index in [-0.39, 0.29) is 5.82 Å². The Balaban J connectivity index is 2.89. The third-order valence-electron chi connectivity index (χ3n) is 2.05. The molecule has 0 spiro atoms. The Morgan fingerprint density at radius 3 is 2.35 bits per heavy atom. The smallest absolute Gasteiger partial charge is 0.123 e. The fourth-order valence-electron chi connectivity index (χ4n) is 1.31. The van der Waals surface area contributed by atoms with Gasteiger partial charge in [0, 0.05) is 12.1 Å². The molecule has 0 amide bonds. The second-order valence-corrected chi connectivity index (χ2v) is 4.39. The molecule has 0 aliphatic carbocycles. The summed E-state index contributed by atoms with van der Waals surface area (Å²) in [5.41, 5.74) is 13.0. The van der Waals surface area contributed by atoms with E-state index < -0.39 is 0 Å². The average Bonchev–Trinajstić information content (AvgIpc) is 2.28. The van der Waals surface area contributed by atoms with Crippen LogP contribution in [0, 0.1) is 5.82 Å². The van der Waals surface area contributed by atoms with Crippen molar-refractivity contribution in [1.82, 2.24) is 0 Å². The van der Waals surface area contributed by atoms with Crippen LogP contribution in [0.4, 0.5) is 4.39 Å². The molecule has 0 saturated carbocycles. The van der Waals surface area contributed by atoms with Crippen molar-refractivity contribution in [2.75, 3.05) is 6.26 Å². The van der Waals surface area contributed by atoms with Crippen molar-refractivity contribution >= 4 is 17.6 Å². The minimum atomic E-state index is -0.253. The molecule has 5 heteroatoms. The van der Waals surface area contributed by atoms with Crippen molar-refractivity contribution in [3.8, 4) is 0 Å². The second kappa shape index (κ2) is 6.30. The molecule has 92 valence electrons. The van der Waals surface area contributed by atoms with Gasteiger partial charge < -0.3 is 11.5 Å². The monoisotopic (exact) mass is 253 g/mol. The van der Waals surface area contributed by atoms with Gasteiger partial charge >= 0.3 is 0 Å². The van der Waals surface area contributed by atoms with Gasteiger partial charge in [-0.05, 0) is 30.9 Å². The molecule has 3 nitrogen and oxygen atoms in total. The number of hydrogen-bond donors (Lipinski definition) is 2. The lowest BCUT2D eigenvalue weighted by molar-refractivity contribution is 0.627. The summed E-state index contributed by atoms with van der Waals surface area (Å²) >= 11 is 1.44. The first-order chi connectivity index (χ1) is 8.02. The largest absolute Gasteiger partial charge is 0.400 e. The minimum Gasteiger partial charge on any atom is -0.400 e. The zero-order valence-electron chi connectivity index (χ0n) is 9.90. The number of hydrogen-bond acceptors (Lipinski definition) is 3. The van der Waals surface area contributed by atoms with Gasteiger partial charge in [0.15, 0.2) is 0 Å². The van der Waals surface area contributed by atoms with E-state index in [0.717, 1.165) is 5.56 Å². The van der Waals surface area contributed by atoms with Crippen LogP contribution in [0.2, 0.25) is 0 Å². The zero-order valence-corrected chi connectivity index (χ0v) is 10.7. The highest BCUT2D eigenvalue weighted by Crippen LogP contribution is 2.18. The Bertz CT molecular complexity index is 434. The maximum absolute atomic E-state index is 12.7. The molecular formula is C12H16FN3S. The van der Waals surface area contributed by atoms with Gasteiger partial charge in [-0.3, -0.25) is 0 Å². The Hall–Kier alpha value is -1.49. The van der Waals surface area contributed by atoms with Crippen molar-refractivity contribution in [2.24, 2.45) is 16.5 Å². The molecule has 0 bridgehead atoms. The molecule has 0 unspecified atom stereocenters. The number of nitrogens with two attached hydrogens (primary N) is 2. The number of rotatable bonds is 4. The highest BCUT2D eigenvalue weighted by Gasteiger charge is 2.03. The van der Waals surface area contributed by atoms with Crippen LogP contribution < -0.4 is 11.5 Å². The molecule has 1 aromatic carbocycles. The van der Waals surface area contributed by atoms with Crippen LogP contribution in [0.1, 0.15) is 12.5 Å². The van der Waals surface area contributed by atoms with Gasteiger partial charge in [0.1, 0.15) is 10.8 Å². The van der Waals surface area contributed by atoms with Crippen LogP contribution in [0.3, 0.4) is 0 Å². The van der Waals surface area contributed by atoms with Crippen molar-refractivity contribution in [3.63, 3.8) is 0 Å². The first-order valence-electron chi connectivity index (χ1n) is 5.10. The molecule has 0 aliphatic rings. The van der Waals surface area contributed by atoms with Gasteiger partial charge in [0.05, 0.1) is 5.84 Å². The predicted octanol–water partition coefficient (Wildman–Crippen LogP) is 2.24. The summed E-state index contributed by atoms with van der Waals surface area (Å²) in [6.45, 7) is 1.71. The summed E-state index contributed by atoms with van der Waals surface area (Å²) in [4.78, 5) is 4.15. The van der Waals surface area contributed by atoms with Crippen LogP contribution in [0.15, 0.2) is 40.0 Å². The molecule has 1 rings (SSSR count). The maximum Gasteiger partial charge on any atom is 0.123 e. The number of aliphatic imine (C=N–C) groups is 1. The number of nitrogens with zero attached hydrogens (tertiary/aromatic N) is 1. The molecule has 4 N–H and O–H groups in total. The van der Waals surface area contributed by atoms with E-state index in [0.29, 0.717) is 23.0 Å². The summed E-state index contributed by atoms with van der Waals surface area (Å²) in [6, 6.07) is 6.25. The lowest BCUT2D eigenvalue weighted by Gasteiger charge is -2.06. The van der Waals surface area contributed by atoms with E-state index in [1.807, 2.05) is 6.26 Å². The summed E-state index contributed by atoms with van der Waals surface area (Å²) in [5, 5.41) is 0.703. The quantitative estimate of drug-likeness (QED) is 0.639. The van der Waals surface area contributed by atoms with Crippen LogP contribution in [0.5, 0.6) is 0 Å². The number of benzene rings is 1. The second-order valence-electron chi connectivity index (χ2n) is 3.59. The molecule has 17 heavy (non-hydrogen) atoms. The molecule has 0 aromatic heterocycles. The van der Waals surface area contributed by atoms with E-state index in [4.69, 9.17) is 11.5 Å². The van der Waals surface area contributed by atoms with Crippen LogP contribution in [-0.2, 0) is 6.42 Å². The third kappa shape index (κ3) is 4.48. The summed E-state index contributed by atoms with van der Waals surface area (Å²) < 4.78 is 12.7. The van der Waals surface area contributed by atoms with Gasteiger partial charge in [-0.25, -0.2) is 9.38 Å². The molecule has 0 saturated heterocycles. The lowest BCUT2D eigenvalue weighted by Crippen LogP contribution is -2.09. The standard InChI is InChI=1S/C12H16FN3S/c1-8(14)16-12(17-2)11(15)7-9-3-5-10(13)6-4-9/h3-6H,7,15H2,1-2H3,(H2,14,16)/b12-11+. The van der Waals surface area contributed by atoms with E-state index in [1.54, 1.807) is 19.1 Å². The lowest BCUT2D eigenvalue weighted by atomic mass is 10.1. The molecule has 0 heterocycles. The molecule has 0 aliphatic heterocycles. The fourth-order valence-corrected chi connectivity index (χ4v) is 1.88. The maximum atomic E-state index is 12.7. The van der Waals surface area contributed by atoms with E-state index in [2.05, 4.69) is 4.99 Å². The topological polar surface area (TPSA) is 64.4 Å². The van der Waals surface area contributed by atoms with E-state index in [9.17, 15) is 4.39 Å². The number of amidine groups is 1. The summed E-state index contributed by atoms with van der Waals surface area (Å²) in [7, 11) is 0. The molecule has 1 aromatic rings. The first-order valence-corrected chi connectivity index (χ1v) is 6.33. The average molecular weight is 253 g/mol. The summed E-state index contributed by atoms with van der Waals surface area (Å²) in [6.07, 6.45) is 2.42. The van der Waals surface area contributed by atoms with Gasteiger partial charge in [0.2, 0.25) is 0 Å². The Morgan fingerprint density at radius 1 is 1.29 bits per heavy atom. The first kappa shape index (κ1) is 13.6. The Morgan fingerprint density at radius 2 is 1.88 bits per heavy atom. The van der Waals surface area contributed by atoms with Gasteiger partial charge in [-0.15, -0.1) is 11.8 Å². The number of thioether (sulfide) groups is 1. The Kier molecular flexibility index (Phi) is 5.03. The van der Waals surface area contributed by atoms with E-state index >= 15 is 0 Å². The van der Waals surface area contributed by atoms with Crippen LogP contribution in [-0.4, -0.2) is 12.1 Å². The number of halogens is 1. The SMILES string of the molecule is CS/C(N=C(C)N)=C(/N)Cc1ccc(F)cc1. The van der Waals surface area contributed by atoms with Crippen molar-refractivity contribution in [1.29, 1.82) is 0 Å².